The van der Waals surface area contributed by atoms with E-state index in [2.05, 4.69) is 144 Å². The van der Waals surface area contributed by atoms with Crippen LogP contribution in [0.1, 0.15) is 59.8 Å². The maximum absolute atomic E-state index is 5.05. The maximum atomic E-state index is 5.05. The van der Waals surface area contributed by atoms with Gasteiger partial charge in [0.25, 0.3) is 0 Å². The lowest BCUT2D eigenvalue weighted by Crippen LogP contribution is -2.32. The van der Waals surface area contributed by atoms with E-state index in [-0.39, 0.29) is 0 Å². The minimum Gasteiger partial charge on any atom is -0.358 e. The molecule has 0 amide bonds. The van der Waals surface area contributed by atoms with Crippen LogP contribution in [-0.4, -0.2) is 5.71 Å². The molecule has 0 aliphatic carbocycles. The van der Waals surface area contributed by atoms with Gasteiger partial charge in [0.1, 0.15) is 13.1 Å². The zero-order valence-corrected chi connectivity index (χ0v) is 24.2. The predicted molar refractivity (Wildman–Crippen MR) is 168 cm³/mol. The number of aromatic nitrogens is 2. The maximum Gasteiger partial charge on any atom is 0.169 e. The normalized spacial score (nSPS) is 18.4. The number of para-hydroxylation sites is 2. The topological polar surface area (TPSA) is 32.1 Å². The molecule has 4 heterocycles. The molecule has 206 valence electrons. The van der Waals surface area contributed by atoms with Gasteiger partial charge in [-0.05, 0) is 73.2 Å². The van der Waals surface area contributed by atoms with Crippen LogP contribution in [0.5, 0.6) is 0 Å². The summed E-state index contributed by atoms with van der Waals surface area (Å²) in [4.78, 5) is 5.05. The van der Waals surface area contributed by atoms with Crippen LogP contribution in [0.15, 0.2) is 127 Å². The van der Waals surface area contributed by atoms with Crippen molar-refractivity contribution in [3.63, 3.8) is 0 Å². The van der Waals surface area contributed by atoms with Crippen LogP contribution < -0.4 is 14.5 Å². The van der Waals surface area contributed by atoms with Gasteiger partial charge in [-0.2, -0.15) is 0 Å². The summed E-state index contributed by atoms with van der Waals surface area (Å²) in [6.07, 6.45) is 19.9. The van der Waals surface area contributed by atoms with Crippen LogP contribution in [0.3, 0.4) is 0 Å². The van der Waals surface area contributed by atoms with Gasteiger partial charge < -0.3 is 5.32 Å². The minimum atomic E-state index is 0.336. The van der Waals surface area contributed by atoms with Crippen molar-refractivity contribution in [2.45, 2.75) is 64.5 Å². The molecule has 2 aliphatic rings. The number of fused-ring (bicyclic) bond motifs is 2. The molecule has 2 aromatic carbocycles. The number of aliphatic imine (C=N–C) groups is 1. The Bertz CT molecular complexity index is 1580. The second kappa shape index (κ2) is 12.5. The smallest absolute Gasteiger partial charge is 0.169 e. The number of rotatable bonds is 10. The number of benzene rings is 2. The highest BCUT2D eigenvalue weighted by Crippen LogP contribution is 2.41. The Labute approximate surface area is 244 Å². The first-order valence-electron chi connectivity index (χ1n) is 15.0. The molecule has 4 aromatic rings. The Balaban J connectivity index is 1.15. The molecule has 0 radical (unpaired) electrons. The van der Waals surface area contributed by atoms with Crippen LogP contribution in [0.2, 0.25) is 0 Å². The van der Waals surface area contributed by atoms with E-state index in [9.17, 15) is 0 Å². The van der Waals surface area contributed by atoms with Crippen molar-refractivity contribution in [2.24, 2.45) is 4.99 Å². The molecule has 6 rings (SSSR count). The lowest BCUT2D eigenvalue weighted by atomic mass is 9.90. The zero-order valence-electron chi connectivity index (χ0n) is 24.2. The molecule has 0 spiro atoms. The van der Waals surface area contributed by atoms with Crippen molar-refractivity contribution in [3.05, 3.63) is 144 Å². The highest BCUT2D eigenvalue weighted by molar-refractivity contribution is 6.05. The monoisotopic (exact) mass is 540 g/mol. The molecular weight excluding hydrogens is 500 g/mol. The molecule has 1 N–H and O–H groups in total. The van der Waals surface area contributed by atoms with Crippen LogP contribution in [0, 0.1) is 13.8 Å². The molecule has 0 fully saturated rings. The standard InChI is InChI=1S/C37H40N4/c1-28-18-24-40(25-19-28)22-8-12-32-30-10-3-5-14-34(30)38-36(32)16-7-17-37-33(31-11-4-6-15-35(31)39-37)13-9-23-41-26-20-29(2)21-27-41/h3-7,10-11,14-21,24-27,32-33,38H,8-9,12-13,22-23H2,1-2H3/q+2/b17-7+,36-16-. The Morgan fingerprint density at radius 1 is 0.707 bits per heavy atom. The third-order valence-electron chi connectivity index (χ3n) is 8.39. The van der Waals surface area contributed by atoms with E-state index in [1.807, 2.05) is 0 Å². The van der Waals surface area contributed by atoms with E-state index in [1.165, 1.54) is 39.3 Å². The summed E-state index contributed by atoms with van der Waals surface area (Å²) in [5.74, 6) is 0.718. The zero-order chi connectivity index (χ0) is 28.0. The molecule has 2 aliphatic heterocycles. The largest absolute Gasteiger partial charge is 0.358 e. The van der Waals surface area contributed by atoms with Crippen LogP contribution in [0.25, 0.3) is 0 Å². The molecule has 41 heavy (non-hydrogen) atoms. The molecule has 4 heteroatoms. The third-order valence-corrected chi connectivity index (χ3v) is 8.39. The molecule has 0 bridgehead atoms. The van der Waals surface area contributed by atoms with Gasteiger partial charge >= 0.3 is 0 Å². The van der Waals surface area contributed by atoms with E-state index in [0.717, 1.165) is 44.5 Å². The SMILES string of the molecule is Cc1cc[n+](CCCC2C(/C=C/C=C3\Nc4ccccc4C3CCC[n+]3ccc(C)cc3)=Nc3ccccc32)cc1. The van der Waals surface area contributed by atoms with Gasteiger partial charge in [0.05, 0.1) is 5.69 Å². The van der Waals surface area contributed by atoms with E-state index in [4.69, 9.17) is 4.99 Å². The summed E-state index contributed by atoms with van der Waals surface area (Å²) in [5, 5.41) is 3.71. The lowest BCUT2D eigenvalue weighted by molar-refractivity contribution is -0.697. The first-order valence-corrected chi connectivity index (χ1v) is 15.0. The van der Waals surface area contributed by atoms with Crippen LogP contribution >= 0.6 is 0 Å². The second-order valence-electron chi connectivity index (χ2n) is 11.4. The minimum absolute atomic E-state index is 0.336. The number of hydrogen-bond acceptors (Lipinski definition) is 2. The van der Waals surface area contributed by atoms with Crippen molar-refractivity contribution >= 4 is 17.1 Å². The average Bonchev–Trinajstić information content (AvgIpc) is 3.53. The van der Waals surface area contributed by atoms with Crippen molar-refractivity contribution in [1.82, 2.24) is 0 Å². The van der Waals surface area contributed by atoms with E-state index in [0.29, 0.717) is 11.8 Å². The van der Waals surface area contributed by atoms with Gasteiger partial charge in [-0.15, -0.1) is 0 Å². The lowest BCUT2D eigenvalue weighted by Gasteiger charge is -2.12. The second-order valence-corrected chi connectivity index (χ2v) is 11.4. The van der Waals surface area contributed by atoms with E-state index in [1.54, 1.807) is 0 Å². The summed E-state index contributed by atoms with van der Waals surface area (Å²) < 4.78 is 4.57. The van der Waals surface area contributed by atoms with Gasteiger partial charge in [0, 0.05) is 66.0 Å². The third kappa shape index (κ3) is 6.38. The number of nitrogens with zero attached hydrogens (tertiary/aromatic N) is 3. The van der Waals surface area contributed by atoms with E-state index < -0.39 is 0 Å². The quantitative estimate of drug-likeness (QED) is 0.206. The van der Waals surface area contributed by atoms with Gasteiger partial charge in [-0.3, -0.25) is 4.99 Å². The first-order chi connectivity index (χ1) is 20.1. The summed E-state index contributed by atoms with van der Waals surface area (Å²) >= 11 is 0. The number of anilines is 1. The summed E-state index contributed by atoms with van der Waals surface area (Å²) in [6, 6.07) is 26.1. The Morgan fingerprint density at radius 3 is 1.98 bits per heavy atom. The van der Waals surface area contributed by atoms with Crippen LogP contribution in [-0.2, 0) is 13.1 Å². The van der Waals surface area contributed by atoms with Crippen molar-refractivity contribution < 1.29 is 9.13 Å². The number of pyridine rings is 2. The number of allylic oxidation sites excluding steroid dienone is 4. The summed E-state index contributed by atoms with van der Waals surface area (Å²) in [6.45, 7) is 6.32. The van der Waals surface area contributed by atoms with Gasteiger partial charge in [0.2, 0.25) is 0 Å². The highest BCUT2D eigenvalue weighted by Gasteiger charge is 2.27. The fraction of sp³-hybridized carbons (Fsp3) is 0.270. The van der Waals surface area contributed by atoms with Crippen molar-refractivity contribution in [1.29, 1.82) is 0 Å². The number of nitrogens with one attached hydrogen (secondary N) is 1. The Kier molecular flexibility index (Phi) is 8.18. The fourth-order valence-corrected chi connectivity index (χ4v) is 6.08. The molecule has 2 aromatic heterocycles. The first kappa shape index (κ1) is 26.9. The van der Waals surface area contributed by atoms with Crippen molar-refractivity contribution in [3.8, 4) is 0 Å². The van der Waals surface area contributed by atoms with Gasteiger partial charge in [0.15, 0.2) is 24.8 Å². The Morgan fingerprint density at radius 2 is 1.29 bits per heavy atom. The molecule has 0 saturated heterocycles. The highest BCUT2D eigenvalue weighted by atomic mass is 14.9. The number of aryl methyl sites for hydroxylation is 4. The molecular formula is C37H40N4+2. The fourth-order valence-electron chi connectivity index (χ4n) is 6.08. The number of hydrogen-bond donors (Lipinski definition) is 1. The summed E-state index contributed by atoms with van der Waals surface area (Å²) in [7, 11) is 0. The molecule has 2 unspecified atom stereocenters. The molecule has 2 atom stereocenters. The molecule has 4 nitrogen and oxygen atoms in total. The summed E-state index contributed by atoms with van der Waals surface area (Å²) in [5.41, 5.74) is 10.1. The van der Waals surface area contributed by atoms with E-state index >= 15 is 0 Å². The Hall–Kier alpha value is -4.31. The average molecular weight is 541 g/mol. The molecule has 0 saturated carbocycles. The van der Waals surface area contributed by atoms with Crippen molar-refractivity contribution in [2.75, 3.05) is 5.32 Å². The van der Waals surface area contributed by atoms with Crippen LogP contribution in [0.4, 0.5) is 11.4 Å². The predicted octanol–water partition coefficient (Wildman–Crippen LogP) is 7.66. The van der Waals surface area contributed by atoms with Gasteiger partial charge in [-0.1, -0.05) is 42.5 Å². The van der Waals surface area contributed by atoms with Gasteiger partial charge in [-0.25, -0.2) is 9.13 Å².